The van der Waals surface area contributed by atoms with Crippen molar-refractivity contribution in [1.29, 1.82) is 0 Å². The lowest BCUT2D eigenvalue weighted by atomic mass is 10.0. The Labute approximate surface area is 283 Å². The first kappa shape index (κ1) is 37.2. The lowest BCUT2D eigenvalue weighted by Gasteiger charge is -2.12. The highest BCUT2D eigenvalue weighted by molar-refractivity contribution is 6.33. The monoisotopic (exact) mass is 664 g/mol. The molecule has 0 atom stereocenters. The molecule has 0 radical (unpaired) electrons. The van der Waals surface area contributed by atoms with E-state index in [-0.39, 0.29) is 28.5 Å². The molecule has 9 heteroatoms. The number of carbonyl (C=O) groups excluding carboxylic acids is 3. The molecule has 0 amide bonds. The van der Waals surface area contributed by atoms with Crippen LogP contribution in [0.5, 0.6) is 23.0 Å². The van der Waals surface area contributed by atoms with E-state index in [1.807, 2.05) is 12.1 Å². The average molecular weight is 665 g/mol. The number of benzene rings is 3. The van der Waals surface area contributed by atoms with Crippen LogP contribution in [-0.4, -0.2) is 38.2 Å². The Morgan fingerprint density at radius 3 is 2.06 bits per heavy atom. The predicted molar refractivity (Wildman–Crippen MR) is 183 cm³/mol. The van der Waals surface area contributed by atoms with Gasteiger partial charge in [0.1, 0.15) is 11.5 Å². The zero-order chi connectivity index (χ0) is 33.9. The van der Waals surface area contributed by atoms with E-state index >= 15 is 0 Å². The van der Waals surface area contributed by atoms with Crippen LogP contribution in [0, 0.1) is 0 Å². The molecule has 0 heterocycles. The molecule has 0 aromatic heterocycles. The maximum absolute atomic E-state index is 12.8. The van der Waals surface area contributed by atoms with Gasteiger partial charge >= 0.3 is 17.9 Å². The Morgan fingerprint density at radius 2 is 1.38 bits per heavy atom. The van der Waals surface area contributed by atoms with E-state index in [2.05, 4.69) is 13.5 Å². The summed E-state index contributed by atoms with van der Waals surface area (Å²) >= 11 is 6.38. The van der Waals surface area contributed by atoms with Gasteiger partial charge in [-0.1, -0.05) is 82.2 Å². The average Bonchev–Trinajstić information content (AvgIpc) is 3.08. The van der Waals surface area contributed by atoms with Crippen LogP contribution in [0.2, 0.25) is 5.02 Å². The molecule has 252 valence electrons. The number of aryl methyl sites for hydroxylation is 1. The van der Waals surface area contributed by atoms with Gasteiger partial charge in [0.2, 0.25) is 0 Å². The molecule has 0 spiro atoms. The molecular formula is C38H45ClO8. The molecule has 0 saturated carbocycles. The molecule has 0 fully saturated rings. The Morgan fingerprint density at radius 1 is 0.723 bits per heavy atom. The summed E-state index contributed by atoms with van der Waals surface area (Å²) in [4.78, 5) is 36.8. The summed E-state index contributed by atoms with van der Waals surface area (Å²) < 4.78 is 27.1. The molecule has 0 aliphatic rings. The third-order valence-electron chi connectivity index (χ3n) is 7.43. The van der Waals surface area contributed by atoms with Gasteiger partial charge in [-0.15, -0.1) is 0 Å². The summed E-state index contributed by atoms with van der Waals surface area (Å²) in [5.74, 6) is -0.309. The van der Waals surface area contributed by atoms with Gasteiger partial charge in [-0.2, -0.15) is 0 Å². The molecule has 0 aliphatic heterocycles. The van der Waals surface area contributed by atoms with Crippen molar-refractivity contribution in [3.05, 3.63) is 95.0 Å². The number of unbranched alkanes of at least 4 members (excludes halogenated alkanes) is 8. The van der Waals surface area contributed by atoms with E-state index in [0.717, 1.165) is 18.9 Å². The first-order valence-electron chi connectivity index (χ1n) is 16.3. The Bertz CT molecular complexity index is 1450. The van der Waals surface area contributed by atoms with Crippen LogP contribution in [0.4, 0.5) is 0 Å². The minimum absolute atomic E-state index is 0.0900. The highest BCUT2D eigenvalue weighted by atomic mass is 35.5. The van der Waals surface area contributed by atoms with Crippen LogP contribution in [0.15, 0.2) is 73.3 Å². The second kappa shape index (κ2) is 20.7. The van der Waals surface area contributed by atoms with E-state index in [0.29, 0.717) is 36.7 Å². The number of hydrogen-bond acceptors (Lipinski definition) is 8. The molecule has 8 nitrogen and oxygen atoms in total. The normalized spacial score (nSPS) is 10.6. The fourth-order valence-electron chi connectivity index (χ4n) is 4.77. The summed E-state index contributed by atoms with van der Waals surface area (Å²) in [5, 5.41) is 0.0900. The molecule has 3 aromatic carbocycles. The van der Waals surface area contributed by atoms with Crippen LogP contribution >= 0.6 is 11.6 Å². The smallest absolute Gasteiger partial charge is 0.345 e. The standard InChI is InChI=1S/C38H45ClO8/c1-4-6-7-8-9-10-11-12-15-28-16-19-30(20-17-28)46-38(42)32-22-21-31(27-33(32)39)47-37(41)29-18-23-34(35(26-29)43-3)44-24-13-14-25-45-36(40)5-2/h5,16-23,26-27H,2,4,6-15,24-25H2,1,3H3. The first-order valence-corrected chi connectivity index (χ1v) is 16.6. The van der Waals surface area contributed by atoms with Gasteiger partial charge in [-0.05, 0) is 73.7 Å². The van der Waals surface area contributed by atoms with Crippen LogP contribution in [-0.2, 0) is 16.0 Å². The van der Waals surface area contributed by atoms with Crippen molar-refractivity contribution in [1.82, 2.24) is 0 Å². The molecule has 3 rings (SSSR count). The van der Waals surface area contributed by atoms with Crippen LogP contribution < -0.4 is 18.9 Å². The van der Waals surface area contributed by atoms with Crippen molar-refractivity contribution in [3.63, 3.8) is 0 Å². The van der Waals surface area contributed by atoms with Gasteiger partial charge in [0.05, 0.1) is 36.5 Å². The molecule has 47 heavy (non-hydrogen) atoms. The zero-order valence-corrected chi connectivity index (χ0v) is 28.2. The number of methoxy groups -OCH3 is 1. The minimum Gasteiger partial charge on any atom is -0.493 e. The zero-order valence-electron chi connectivity index (χ0n) is 27.4. The van der Waals surface area contributed by atoms with Gasteiger partial charge in [-0.3, -0.25) is 0 Å². The number of carbonyl (C=O) groups is 3. The van der Waals surface area contributed by atoms with Gasteiger partial charge < -0.3 is 23.7 Å². The van der Waals surface area contributed by atoms with Crippen LogP contribution in [0.25, 0.3) is 0 Å². The highest BCUT2D eigenvalue weighted by Crippen LogP contribution is 2.30. The van der Waals surface area contributed by atoms with Crippen molar-refractivity contribution in [2.24, 2.45) is 0 Å². The summed E-state index contributed by atoms with van der Waals surface area (Å²) in [6, 6.07) is 16.5. The van der Waals surface area contributed by atoms with Crippen molar-refractivity contribution >= 4 is 29.5 Å². The molecule has 3 aromatic rings. The van der Waals surface area contributed by atoms with E-state index < -0.39 is 17.9 Å². The fourth-order valence-corrected chi connectivity index (χ4v) is 5.02. The third kappa shape index (κ3) is 13.1. The van der Waals surface area contributed by atoms with Crippen LogP contribution in [0.3, 0.4) is 0 Å². The fraction of sp³-hybridized carbons (Fsp3) is 0.395. The van der Waals surface area contributed by atoms with Gasteiger partial charge in [-0.25, -0.2) is 14.4 Å². The highest BCUT2D eigenvalue weighted by Gasteiger charge is 2.17. The second-order valence-electron chi connectivity index (χ2n) is 11.1. The van der Waals surface area contributed by atoms with Gasteiger partial charge in [0, 0.05) is 12.1 Å². The Kier molecular flexibility index (Phi) is 16.4. The molecular weight excluding hydrogens is 620 g/mol. The first-order chi connectivity index (χ1) is 22.8. The van der Waals surface area contributed by atoms with E-state index in [4.69, 9.17) is 35.3 Å². The van der Waals surface area contributed by atoms with E-state index in [9.17, 15) is 14.4 Å². The molecule has 0 saturated heterocycles. The van der Waals surface area contributed by atoms with Crippen molar-refractivity contribution < 1.29 is 38.1 Å². The van der Waals surface area contributed by atoms with Crippen molar-refractivity contribution in [2.45, 2.75) is 77.6 Å². The number of hydrogen-bond donors (Lipinski definition) is 0. The van der Waals surface area contributed by atoms with Crippen LogP contribution in [0.1, 0.15) is 97.4 Å². The molecule has 0 bridgehead atoms. The SMILES string of the molecule is C=CC(=O)OCCCCOc1ccc(C(=O)Oc2ccc(C(=O)Oc3ccc(CCCCCCCCCC)cc3)c(Cl)c2)cc1OC. The van der Waals surface area contributed by atoms with Gasteiger partial charge in [0.15, 0.2) is 11.5 Å². The summed E-state index contributed by atoms with van der Waals surface area (Å²) in [6.07, 6.45) is 13.6. The molecule has 0 N–H and O–H groups in total. The minimum atomic E-state index is -0.641. The third-order valence-corrected chi connectivity index (χ3v) is 7.74. The van der Waals surface area contributed by atoms with Crippen molar-refractivity contribution in [2.75, 3.05) is 20.3 Å². The Hall–Kier alpha value is -4.30. The summed E-state index contributed by atoms with van der Waals surface area (Å²) in [6.45, 7) is 6.22. The lowest BCUT2D eigenvalue weighted by molar-refractivity contribution is -0.137. The van der Waals surface area contributed by atoms with Crippen molar-refractivity contribution in [3.8, 4) is 23.0 Å². The topological polar surface area (TPSA) is 97.4 Å². The van der Waals surface area contributed by atoms with E-state index in [1.165, 1.54) is 81.9 Å². The Balaban J connectivity index is 1.46. The lowest BCUT2D eigenvalue weighted by Crippen LogP contribution is -2.11. The van der Waals surface area contributed by atoms with Gasteiger partial charge in [0.25, 0.3) is 0 Å². The quantitative estimate of drug-likeness (QED) is 0.0481. The number of ether oxygens (including phenoxy) is 5. The molecule has 0 unspecified atom stereocenters. The van der Waals surface area contributed by atoms with E-state index in [1.54, 1.807) is 24.3 Å². The maximum atomic E-state index is 12.8. The number of esters is 3. The summed E-state index contributed by atoms with van der Waals surface area (Å²) in [7, 11) is 1.47. The maximum Gasteiger partial charge on any atom is 0.345 e. The second-order valence-corrected chi connectivity index (χ2v) is 11.5. The summed E-state index contributed by atoms with van der Waals surface area (Å²) in [5.41, 5.74) is 1.59. The number of rotatable bonds is 21. The molecule has 0 aliphatic carbocycles. The largest absolute Gasteiger partial charge is 0.493 e. The predicted octanol–water partition coefficient (Wildman–Crippen LogP) is 9.36. The number of halogens is 1.